The summed E-state index contributed by atoms with van der Waals surface area (Å²) in [4.78, 5) is 0. The van der Waals surface area contributed by atoms with E-state index in [0.29, 0.717) is 16.2 Å². The summed E-state index contributed by atoms with van der Waals surface area (Å²) >= 11 is 0. The Kier molecular flexibility index (Phi) is 5.33. The van der Waals surface area contributed by atoms with Crippen LogP contribution in [0.15, 0.2) is 0 Å². The fraction of sp³-hybridized carbons (Fsp3) is 1.00. The molecule has 0 nitrogen and oxygen atoms in total. The summed E-state index contributed by atoms with van der Waals surface area (Å²) in [6.45, 7) is 22.6. The van der Waals surface area contributed by atoms with Gasteiger partial charge in [0.1, 0.15) is 0 Å². The van der Waals surface area contributed by atoms with Crippen LogP contribution < -0.4 is 0 Å². The topological polar surface area (TPSA) is 0 Å². The highest BCUT2D eigenvalue weighted by molar-refractivity contribution is 4.91. The molecule has 0 fully saturated rings. The van der Waals surface area contributed by atoms with E-state index in [0.717, 1.165) is 0 Å². The van der Waals surface area contributed by atoms with E-state index in [1.807, 2.05) is 13.8 Å². The predicted molar refractivity (Wildman–Crippen MR) is 64.0 cm³/mol. The average Bonchev–Trinajstić information content (AvgIpc) is 1.87. The highest BCUT2D eigenvalue weighted by atomic mass is 14.5. The van der Waals surface area contributed by atoms with Crippen LogP contribution in [0.3, 0.4) is 0 Å². The van der Waals surface area contributed by atoms with E-state index >= 15 is 0 Å². The molecule has 0 saturated carbocycles. The van der Waals surface area contributed by atoms with E-state index in [9.17, 15) is 0 Å². The van der Waals surface area contributed by atoms with Crippen molar-refractivity contribution in [2.45, 2.75) is 69.2 Å². The van der Waals surface area contributed by atoms with Gasteiger partial charge in [-0.25, -0.2) is 0 Å². The van der Waals surface area contributed by atoms with E-state index in [-0.39, 0.29) is 0 Å². The number of hydrogen-bond donors (Lipinski definition) is 0. The third-order valence-electron chi connectivity index (χ3n) is 3.75. The molecule has 0 aromatic carbocycles. The van der Waals surface area contributed by atoms with Crippen molar-refractivity contribution >= 4 is 0 Å². The van der Waals surface area contributed by atoms with Gasteiger partial charge in [-0.05, 0) is 16.2 Å². The van der Waals surface area contributed by atoms with Gasteiger partial charge >= 0.3 is 0 Å². The second-order valence-corrected chi connectivity index (χ2v) is 6.12. The molecule has 0 spiro atoms. The summed E-state index contributed by atoms with van der Waals surface area (Å²) in [5, 5.41) is 0. The third-order valence-corrected chi connectivity index (χ3v) is 3.75. The monoisotopic (exact) mass is 186 g/mol. The molecular weight excluding hydrogens is 156 g/mol. The van der Waals surface area contributed by atoms with Crippen LogP contribution in [0, 0.1) is 16.2 Å². The molecule has 82 valence electrons. The molecule has 0 atom stereocenters. The standard InChI is InChI=1S/C11H24.C2H6/c1-9(2,3)11(7,8)10(4,5)6;1-2/h1-8H3;1-2H3. The van der Waals surface area contributed by atoms with Crippen molar-refractivity contribution in [2.24, 2.45) is 16.2 Å². The largest absolute Gasteiger partial charge is 0.0683 e. The molecule has 0 rings (SSSR count). The fourth-order valence-corrected chi connectivity index (χ4v) is 1.12. The molecular formula is C13H30. The van der Waals surface area contributed by atoms with Crippen molar-refractivity contribution in [3.8, 4) is 0 Å². The van der Waals surface area contributed by atoms with Crippen LogP contribution in [0.1, 0.15) is 69.2 Å². The summed E-state index contributed by atoms with van der Waals surface area (Å²) in [5.74, 6) is 0. The van der Waals surface area contributed by atoms with Crippen molar-refractivity contribution in [3.05, 3.63) is 0 Å². The second kappa shape index (κ2) is 4.48. The average molecular weight is 186 g/mol. The molecule has 0 heterocycles. The minimum absolute atomic E-state index is 0.375. The molecule has 0 aliphatic heterocycles. The van der Waals surface area contributed by atoms with Crippen LogP contribution in [-0.4, -0.2) is 0 Å². The lowest BCUT2D eigenvalue weighted by Gasteiger charge is -2.49. The first-order valence-electron chi connectivity index (χ1n) is 5.50. The molecule has 0 saturated heterocycles. The van der Waals surface area contributed by atoms with E-state index in [4.69, 9.17) is 0 Å². The van der Waals surface area contributed by atoms with Gasteiger partial charge in [0.2, 0.25) is 0 Å². The summed E-state index contributed by atoms with van der Waals surface area (Å²) < 4.78 is 0. The molecule has 0 aromatic rings. The lowest BCUT2D eigenvalue weighted by Crippen LogP contribution is -2.41. The summed E-state index contributed by atoms with van der Waals surface area (Å²) in [7, 11) is 0. The Morgan fingerprint density at radius 1 is 0.462 bits per heavy atom. The summed E-state index contributed by atoms with van der Waals surface area (Å²) in [6.07, 6.45) is 0. The van der Waals surface area contributed by atoms with Crippen LogP contribution in [-0.2, 0) is 0 Å². The molecule has 0 aliphatic carbocycles. The maximum Gasteiger partial charge on any atom is -0.0257 e. The first-order valence-corrected chi connectivity index (χ1v) is 5.50. The molecule has 0 heteroatoms. The molecule has 0 radical (unpaired) electrons. The van der Waals surface area contributed by atoms with Crippen molar-refractivity contribution in [3.63, 3.8) is 0 Å². The normalized spacial score (nSPS) is 13.4. The van der Waals surface area contributed by atoms with Gasteiger partial charge < -0.3 is 0 Å². The van der Waals surface area contributed by atoms with Gasteiger partial charge in [0.25, 0.3) is 0 Å². The highest BCUT2D eigenvalue weighted by Gasteiger charge is 2.42. The molecule has 0 amide bonds. The highest BCUT2D eigenvalue weighted by Crippen LogP contribution is 2.50. The minimum Gasteiger partial charge on any atom is -0.0683 e. The lowest BCUT2D eigenvalue weighted by atomic mass is 9.56. The molecule has 0 aliphatic rings. The Bertz CT molecular complexity index is 111. The quantitative estimate of drug-likeness (QED) is 0.492. The zero-order valence-corrected chi connectivity index (χ0v) is 11.5. The number of hydrogen-bond acceptors (Lipinski definition) is 0. The fourth-order valence-electron chi connectivity index (χ4n) is 1.12. The Labute approximate surface area is 86.1 Å². The van der Waals surface area contributed by atoms with Crippen molar-refractivity contribution in [1.82, 2.24) is 0 Å². The van der Waals surface area contributed by atoms with E-state index < -0.39 is 0 Å². The Morgan fingerprint density at radius 2 is 0.615 bits per heavy atom. The molecule has 13 heavy (non-hydrogen) atoms. The van der Waals surface area contributed by atoms with E-state index in [2.05, 4.69) is 55.4 Å². The van der Waals surface area contributed by atoms with Crippen LogP contribution >= 0.6 is 0 Å². The van der Waals surface area contributed by atoms with Crippen molar-refractivity contribution in [1.29, 1.82) is 0 Å². The Hall–Kier alpha value is 0. The molecule has 0 N–H and O–H groups in total. The molecule has 0 bridgehead atoms. The predicted octanol–water partition coefficient (Wildman–Crippen LogP) is 5.13. The first-order chi connectivity index (χ1) is 5.50. The van der Waals surface area contributed by atoms with Gasteiger partial charge in [-0.2, -0.15) is 0 Å². The van der Waals surface area contributed by atoms with Crippen LogP contribution in [0.4, 0.5) is 0 Å². The van der Waals surface area contributed by atoms with E-state index in [1.54, 1.807) is 0 Å². The van der Waals surface area contributed by atoms with Crippen LogP contribution in [0.5, 0.6) is 0 Å². The third kappa shape index (κ3) is 3.70. The molecule has 0 aromatic heterocycles. The van der Waals surface area contributed by atoms with Gasteiger partial charge in [0, 0.05) is 0 Å². The SMILES string of the molecule is CC.CC(C)(C)C(C)(C)C(C)(C)C. The summed E-state index contributed by atoms with van der Waals surface area (Å²) in [5.41, 5.74) is 1.14. The van der Waals surface area contributed by atoms with Gasteiger partial charge in [0.15, 0.2) is 0 Å². The van der Waals surface area contributed by atoms with Gasteiger partial charge in [-0.3, -0.25) is 0 Å². The van der Waals surface area contributed by atoms with Gasteiger partial charge in [-0.1, -0.05) is 69.2 Å². The van der Waals surface area contributed by atoms with Gasteiger partial charge in [0.05, 0.1) is 0 Å². The lowest BCUT2D eigenvalue weighted by molar-refractivity contribution is 0.00575. The van der Waals surface area contributed by atoms with Gasteiger partial charge in [-0.15, -0.1) is 0 Å². The van der Waals surface area contributed by atoms with Crippen LogP contribution in [0.25, 0.3) is 0 Å². The smallest absolute Gasteiger partial charge is 0.0257 e. The van der Waals surface area contributed by atoms with Crippen LogP contribution in [0.2, 0.25) is 0 Å². The van der Waals surface area contributed by atoms with Crippen molar-refractivity contribution < 1.29 is 0 Å². The minimum atomic E-state index is 0.375. The summed E-state index contributed by atoms with van der Waals surface area (Å²) in [6, 6.07) is 0. The number of rotatable bonds is 0. The Balaban J connectivity index is 0. The zero-order chi connectivity index (χ0) is 11.5. The first kappa shape index (κ1) is 15.5. The second-order valence-electron chi connectivity index (χ2n) is 6.12. The maximum atomic E-state index is 2.35. The van der Waals surface area contributed by atoms with Crippen molar-refractivity contribution in [2.75, 3.05) is 0 Å². The zero-order valence-electron chi connectivity index (χ0n) is 11.5. The Morgan fingerprint density at radius 3 is 0.615 bits per heavy atom. The molecule has 0 unspecified atom stereocenters. The maximum absolute atomic E-state index is 2.35. The van der Waals surface area contributed by atoms with E-state index in [1.165, 1.54) is 0 Å².